The first kappa shape index (κ1) is 14.3. The molecule has 0 aliphatic carbocycles. The monoisotopic (exact) mass is 294 g/mol. The van der Waals surface area contributed by atoms with Crippen LogP contribution in [0.25, 0.3) is 11.3 Å². The Kier molecular flexibility index (Phi) is 3.63. The molecule has 0 spiro atoms. The van der Waals surface area contributed by atoms with Crippen LogP contribution in [0.2, 0.25) is 0 Å². The third kappa shape index (κ3) is 2.35. The summed E-state index contributed by atoms with van der Waals surface area (Å²) in [5.74, 6) is 0.273. The van der Waals surface area contributed by atoms with Crippen molar-refractivity contribution in [3.8, 4) is 11.3 Å². The van der Waals surface area contributed by atoms with Crippen molar-refractivity contribution in [2.75, 3.05) is 0 Å². The highest BCUT2D eigenvalue weighted by Gasteiger charge is 2.22. The molecule has 0 N–H and O–H groups in total. The molecule has 2 heterocycles. The van der Waals surface area contributed by atoms with Gasteiger partial charge in [0.2, 0.25) is 0 Å². The molecule has 0 aliphatic heterocycles. The predicted molar refractivity (Wildman–Crippen MR) is 84.9 cm³/mol. The molecule has 112 valence electrons. The van der Waals surface area contributed by atoms with Gasteiger partial charge in [0, 0.05) is 23.5 Å². The lowest BCUT2D eigenvalue weighted by Crippen LogP contribution is -2.22. The summed E-state index contributed by atoms with van der Waals surface area (Å²) in [5, 5.41) is 8.56. The molecule has 3 rings (SSSR count). The molecular weight excluding hydrogens is 276 g/mol. The molecule has 0 bridgehead atoms. The van der Waals surface area contributed by atoms with Gasteiger partial charge in [0.1, 0.15) is 0 Å². The summed E-state index contributed by atoms with van der Waals surface area (Å²) in [4.78, 5) is 12.5. The molecule has 0 amide bonds. The Morgan fingerprint density at radius 1 is 1.14 bits per heavy atom. The topological polar surface area (TPSA) is 52.7 Å². The van der Waals surface area contributed by atoms with E-state index in [0.717, 1.165) is 22.5 Å². The number of hydrogen-bond acceptors (Lipinski definition) is 3. The lowest BCUT2D eigenvalue weighted by molar-refractivity contribution is 0.237. The zero-order valence-electron chi connectivity index (χ0n) is 12.9. The Morgan fingerprint density at radius 2 is 1.86 bits per heavy atom. The van der Waals surface area contributed by atoms with Crippen LogP contribution in [-0.4, -0.2) is 25.6 Å². The molecule has 0 saturated heterocycles. The van der Waals surface area contributed by atoms with Gasteiger partial charge in [-0.3, -0.25) is 0 Å². The van der Waals surface area contributed by atoms with E-state index in [-0.39, 0.29) is 11.9 Å². The normalized spacial score (nSPS) is 11.1. The van der Waals surface area contributed by atoms with Crippen LogP contribution in [0.15, 0.2) is 48.8 Å². The fourth-order valence-electron chi connectivity index (χ4n) is 2.68. The van der Waals surface area contributed by atoms with Crippen LogP contribution in [-0.2, 0) is 0 Å². The van der Waals surface area contributed by atoms with E-state index in [0.29, 0.717) is 0 Å². The average Bonchev–Trinajstić information content (AvgIpc) is 3.15. The van der Waals surface area contributed by atoms with Crippen molar-refractivity contribution in [2.24, 2.45) is 0 Å². The van der Waals surface area contributed by atoms with Crippen molar-refractivity contribution in [1.29, 1.82) is 0 Å². The second-order valence-corrected chi connectivity index (χ2v) is 5.51. The Labute approximate surface area is 129 Å². The first-order chi connectivity index (χ1) is 10.6. The van der Waals surface area contributed by atoms with E-state index in [4.69, 9.17) is 0 Å². The number of benzene rings is 1. The highest BCUT2D eigenvalue weighted by Crippen LogP contribution is 2.31. The second kappa shape index (κ2) is 5.60. The van der Waals surface area contributed by atoms with Gasteiger partial charge in [0.25, 0.3) is 0 Å². The van der Waals surface area contributed by atoms with Crippen LogP contribution in [0.3, 0.4) is 0 Å². The summed E-state index contributed by atoms with van der Waals surface area (Å²) in [6.45, 7) is 6.15. The van der Waals surface area contributed by atoms with Crippen molar-refractivity contribution in [1.82, 2.24) is 19.6 Å². The molecule has 1 aromatic carbocycles. The summed E-state index contributed by atoms with van der Waals surface area (Å²) in [6, 6.07) is 11.4. The number of carbonyl (C=O) groups excluding carboxylic acids is 1. The van der Waals surface area contributed by atoms with Gasteiger partial charge in [0.05, 0.1) is 11.4 Å². The summed E-state index contributed by atoms with van der Waals surface area (Å²) < 4.78 is 2.73. The molecular formula is C17H18N4O. The van der Waals surface area contributed by atoms with Gasteiger partial charge < -0.3 is 0 Å². The maximum atomic E-state index is 12.5. The maximum absolute atomic E-state index is 12.5. The molecule has 0 aliphatic rings. The Balaban J connectivity index is 2.16. The molecule has 0 radical (unpaired) electrons. The molecule has 0 fully saturated rings. The van der Waals surface area contributed by atoms with E-state index >= 15 is 0 Å². The zero-order valence-corrected chi connectivity index (χ0v) is 12.9. The van der Waals surface area contributed by atoms with Crippen molar-refractivity contribution in [2.45, 2.75) is 26.7 Å². The number of nitrogens with zero attached hydrogens (tertiary/aromatic N) is 4. The van der Waals surface area contributed by atoms with Gasteiger partial charge in [-0.1, -0.05) is 44.2 Å². The molecule has 5 nitrogen and oxygen atoms in total. The standard InChI is InChI=1S/C17H18N4O/c1-12(2)15-13(3)21(17(22)20-11-7-10-18-20)19-16(15)14-8-5-4-6-9-14/h4-12H,1-3H3. The molecule has 0 unspecified atom stereocenters. The summed E-state index contributed by atoms with van der Waals surface area (Å²) >= 11 is 0. The number of hydrogen-bond donors (Lipinski definition) is 0. The highest BCUT2D eigenvalue weighted by atomic mass is 16.2. The van der Waals surface area contributed by atoms with Gasteiger partial charge in [-0.25, -0.2) is 4.79 Å². The van der Waals surface area contributed by atoms with E-state index in [1.807, 2.05) is 37.3 Å². The number of carbonyl (C=O) groups is 1. The summed E-state index contributed by atoms with van der Waals surface area (Å²) in [7, 11) is 0. The summed E-state index contributed by atoms with van der Waals surface area (Å²) in [6.07, 6.45) is 3.21. The third-order valence-electron chi connectivity index (χ3n) is 3.67. The SMILES string of the molecule is Cc1c(C(C)C)c(-c2ccccc2)nn1C(=O)n1cccn1. The van der Waals surface area contributed by atoms with E-state index in [9.17, 15) is 4.79 Å². The largest absolute Gasteiger partial charge is 0.369 e. The minimum atomic E-state index is -0.272. The van der Waals surface area contributed by atoms with E-state index in [1.165, 1.54) is 9.36 Å². The maximum Gasteiger partial charge on any atom is 0.369 e. The zero-order chi connectivity index (χ0) is 15.7. The highest BCUT2D eigenvalue weighted by molar-refractivity contribution is 5.80. The van der Waals surface area contributed by atoms with Crippen LogP contribution in [0.1, 0.15) is 31.0 Å². The number of rotatable bonds is 2. The molecule has 5 heteroatoms. The molecule has 2 aromatic heterocycles. The fraction of sp³-hybridized carbons (Fsp3) is 0.235. The lowest BCUT2D eigenvalue weighted by Gasteiger charge is -2.07. The van der Waals surface area contributed by atoms with Crippen molar-refractivity contribution in [3.05, 3.63) is 60.0 Å². The third-order valence-corrected chi connectivity index (χ3v) is 3.67. The van der Waals surface area contributed by atoms with Crippen LogP contribution in [0.5, 0.6) is 0 Å². The van der Waals surface area contributed by atoms with Crippen molar-refractivity contribution in [3.63, 3.8) is 0 Å². The minimum Gasteiger partial charge on any atom is -0.244 e. The van der Waals surface area contributed by atoms with E-state index in [2.05, 4.69) is 24.0 Å². The van der Waals surface area contributed by atoms with Crippen molar-refractivity contribution < 1.29 is 4.79 Å². The Bertz CT molecular complexity index is 786. The van der Waals surface area contributed by atoms with Gasteiger partial charge in [-0.05, 0) is 18.9 Å². The molecule has 0 atom stereocenters. The van der Waals surface area contributed by atoms with Gasteiger partial charge in [-0.15, -0.1) is 0 Å². The predicted octanol–water partition coefficient (Wildman–Crippen LogP) is 3.69. The summed E-state index contributed by atoms with van der Waals surface area (Å²) in [5.41, 5.74) is 3.82. The van der Waals surface area contributed by atoms with E-state index in [1.54, 1.807) is 18.5 Å². The minimum absolute atomic E-state index is 0.272. The van der Waals surface area contributed by atoms with Crippen LogP contribution in [0.4, 0.5) is 4.79 Å². The Morgan fingerprint density at radius 3 is 2.45 bits per heavy atom. The molecule has 22 heavy (non-hydrogen) atoms. The van der Waals surface area contributed by atoms with Crippen LogP contribution in [0, 0.1) is 6.92 Å². The Hall–Kier alpha value is -2.69. The number of aromatic nitrogens is 4. The fourth-order valence-corrected chi connectivity index (χ4v) is 2.68. The molecule has 0 saturated carbocycles. The van der Waals surface area contributed by atoms with Gasteiger partial charge in [0.15, 0.2) is 0 Å². The van der Waals surface area contributed by atoms with E-state index < -0.39 is 0 Å². The van der Waals surface area contributed by atoms with Gasteiger partial charge >= 0.3 is 6.03 Å². The quantitative estimate of drug-likeness (QED) is 0.724. The van der Waals surface area contributed by atoms with Crippen LogP contribution >= 0.6 is 0 Å². The molecule has 3 aromatic rings. The lowest BCUT2D eigenvalue weighted by atomic mass is 9.97. The first-order valence-corrected chi connectivity index (χ1v) is 7.29. The van der Waals surface area contributed by atoms with Gasteiger partial charge in [-0.2, -0.15) is 19.6 Å². The van der Waals surface area contributed by atoms with Crippen molar-refractivity contribution >= 4 is 6.03 Å². The average molecular weight is 294 g/mol. The first-order valence-electron chi connectivity index (χ1n) is 7.29. The van der Waals surface area contributed by atoms with Crippen LogP contribution < -0.4 is 0 Å². The second-order valence-electron chi connectivity index (χ2n) is 5.51. The smallest absolute Gasteiger partial charge is 0.244 e.